The van der Waals surface area contributed by atoms with Crippen LogP contribution in [0.3, 0.4) is 0 Å². The normalized spacial score (nSPS) is 11.9. The van der Waals surface area contributed by atoms with Gasteiger partial charge in [-0.3, -0.25) is 10.1 Å². The maximum atomic E-state index is 11.0. The lowest BCUT2D eigenvalue weighted by atomic mass is 10.1. The first kappa shape index (κ1) is 16.2. The van der Waals surface area contributed by atoms with Crippen molar-refractivity contribution in [2.45, 2.75) is 18.9 Å². The van der Waals surface area contributed by atoms with Gasteiger partial charge in [-0.05, 0) is 31.5 Å². The molecule has 3 N–H and O–H groups in total. The molecule has 0 fully saturated rings. The van der Waals surface area contributed by atoms with Crippen LogP contribution in [-0.4, -0.2) is 38.3 Å². The Morgan fingerprint density at radius 2 is 2.20 bits per heavy atom. The average molecular weight is 283 g/mol. The van der Waals surface area contributed by atoms with Crippen molar-refractivity contribution in [3.63, 3.8) is 0 Å². The minimum atomic E-state index is -0.463. The molecule has 0 aliphatic rings. The molecule has 112 valence electrons. The minimum Gasteiger partial charge on any atom is -0.490 e. The Morgan fingerprint density at radius 1 is 1.45 bits per heavy atom. The van der Waals surface area contributed by atoms with Gasteiger partial charge in [-0.25, -0.2) is 0 Å². The zero-order valence-corrected chi connectivity index (χ0v) is 11.8. The number of nitrogens with two attached hydrogens (primary N) is 1. The zero-order chi connectivity index (χ0) is 15.0. The van der Waals surface area contributed by atoms with Crippen molar-refractivity contribution in [1.29, 1.82) is 0 Å². The lowest BCUT2D eigenvalue weighted by Gasteiger charge is -2.19. The zero-order valence-electron chi connectivity index (χ0n) is 11.8. The fourth-order valence-corrected chi connectivity index (χ4v) is 1.92. The van der Waals surface area contributed by atoms with E-state index >= 15 is 0 Å². The highest BCUT2D eigenvalue weighted by molar-refractivity contribution is 5.58. The number of anilines is 1. The number of nitro groups is 1. The molecule has 1 rings (SSSR count). The summed E-state index contributed by atoms with van der Waals surface area (Å²) >= 11 is 0. The lowest BCUT2D eigenvalue weighted by molar-refractivity contribution is -0.385. The van der Waals surface area contributed by atoms with Crippen molar-refractivity contribution in [3.05, 3.63) is 28.3 Å². The summed E-state index contributed by atoms with van der Waals surface area (Å²) in [7, 11) is 3.03. The highest BCUT2D eigenvalue weighted by Gasteiger charge is 2.16. The quantitative estimate of drug-likeness (QED) is 0.529. The Kier molecular flexibility index (Phi) is 6.75. The number of benzene rings is 1. The predicted molar refractivity (Wildman–Crippen MR) is 77.2 cm³/mol. The summed E-state index contributed by atoms with van der Waals surface area (Å²) in [5.41, 5.74) is 6.09. The Balaban J connectivity index is 2.84. The molecule has 1 aromatic rings. The first-order valence-corrected chi connectivity index (χ1v) is 6.40. The van der Waals surface area contributed by atoms with Crippen molar-refractivity contribution in [2.24, 2.45) is 5.73 Å². The van der Waals surface area contributed by atoms with Gasteiger partial charge in [0, 0.05) is 24.9 Å². The van der Waals surface area contributed by atoms with Gasteiger partial charge in [-0.15, -0.1) is 0 Å². The van der Waals surface area contributed by atoms with Crippen LogP contribution in [0, 0.1) is 10.1 Å². The van der Waals surface area contributed by atoms with Crippen LogP contribution in [-0.2, 0) is 4.74 Å². The van der Waals surface area contributed by atoms with E-state index in [0.717, 1.165) is 12.8 Å². The van der Waals surface area contributed by atoms with Gasteiger partial charge in [-0.2, -0.15) is 0 Å². The summed E-state index contributed by atoms with van der Waals surface area (Å²) < 4.78 is 10.1. The van der Waals surface area contributed by atoms with Gasteiger partial charge in [0.15, 0.2) is 5.75 Å². The molecule has 0 bridgehead atoms. The number of hydrogen-bond donors (Lipinski definition) is 2. The molecule has 0 aliphatic carbocycles. The molecule has 1 unspecified atom stereocenters. The second-order valence-corrected chi connectivity index (χ2v) is 4.37. The number of rotatable bonds is 9. The standard InChI is InChI=1S/C13H21N3O4/c1-19-9-11(4-3-7-14)15-10-5-6-13(20-2)12(8-10)16(17)18/h5-6,8,11,15H,3-4,7,9,14H2,1-2H3. The molecule has 0 amide bonds. The van der Waals surface area contributed by atoms with E-state index in [1.165, 1.54) is 13.2 Å². The third kappa shape index (κ3) is 4.67. The fraction of sp³-hybridized carbons (Fsp3) is 0.538. The van der Waals surface area contributed by atoms with E-state index in [-0.39, 0.29) is 17.5 Å². The van der Waals surface area contributed by atoms with Gasteiger partial charge < -0.3 is 20.5 Å². The summed E-state index contributed by atoms with van der Waals surface area (Å²) in [4.78, 5) is 10.5. The Labute approximate surface area is 118 Å². The van der Waals surface area contributed by atoms with Gasteiger partial charge in [-0.1, -0.05) is 0 Å². The third-order valence-electron chi connectivity index (χ3n) is 2.87. The summed E-state index contributed by atoms with van der Waals surface area (Å²) in [6, 6.07) is 4.85. The van der Waals surface area contributed by atoms with Crippen molar-refractivity contribution >= 4 is 11.4 Å². The SMILES string of the molecule is COCC(CCCN)Nc1ccc(OC)c([N+](=O)[O-])c1. The van der Waals surface area contributed by atoms with Gasteiger partial charge in [0.2, 0.25) is 0 Å². The van der Waals surface area contributed by atoms with Crippen LogP contribution in [0.1, 0.15) is 12.8 Å². The number of hydrogen-bond acceptors (Lipinski definition) is 6. The Hall–Kier alpha value is -1.86. The highest BCUT2D eigenvalue weighted by atomic mass is 16.6. The van der Waals surface area contributed by atoms with Crippen molar-refractivity contribution < 1.29 is 14.4 Å². The van der Waals surface area contributed by atoms with Crippen molar-refractivity contribution in [3.8, 4) is 5.75 Å². The second-order valence-electron chi connectivity index (χ2n) is 4.37. The monoisotopic (exact) mass is 283 g/mol. The van der Waals surface area contributed by atoms with E-state index in [9.17, 15) is 10.1 Å². The van der Waals surface area contributed by atoms with Gasteiger partial charge in [0.1, 0.15) is 0 Å². The fourth-order valence-electron chi connectivity index (χ4n) is 1.92. The van der Waals surface area contributed by atoms with E-state index in [4.69, 9.17) is 15.2 Å². The van der Waals surface area contributed by atoms with Gasteiger partial charge in [0.25, 0.3) is 0 Å². The van der Waals surface area contributed by atoms with Crippen LogP contribution in [0.4, 0.5) is 11.4 Å². The van der Waals surface area contributed by atoms with Crippen molar-refractivity contribution in [2.75, 3.05) is 32.7 Å². The molecule has 0 radical (unpaired) electrons. The number of nitro benzene ring substituents is 1. The van der Waals surface area contributed by atoms with Crippen LogP contribution in [0.2, 0.25) is 0 Å². The molecule has 0 saturated heterocycles. The van der Waals surface area contributed by atoms with E-state index in [1.807, 2.05) is 0 Å². The van der Waals surface area contributed by atoms with E-state index in [2.05, 4.69) is 5.32 Å². The number of nitrogens with zero attached hydrogens (tertiary/aromatic N) is 1. The van der Waals surface area contributed by atoms with Crippen LogP contribution >= 0.6 is 0 Å². The lowest BCUT2D eigenvalue weighted by Crippen LogP contribution is -2.25. The molecular formula is C13H21N3O4. The largest absolute Gasteiger partial charge is 0.490 e. The Bertz CT molecular complexity index is 440. The summed E-state index contributed by atoms with van der Waals surface area (Å²) in [6.07, 6.45) is 1.70. The molecule has 0 heterocycles. The van der Waals surface area contributed by atoms with Crippen LogP contribution in [0.15, 0.2) is 18.2 Å². The molecule has 0 aliphatic heterocycles. The Morgan fingerprint density at radius 3 is 2.75 bits per heavy atom. The molecular weight excluding hydrogens is 262 g/mol. The second kappa shape index (κ2) is 8.34. The van der Waals surface area contributed by atoms with E-state index in [1.54, 1.807) is 19.2 Å². The summed E-state index contributed by atoms with van der Waals surface area (Å²) in [6.45, 7) is 1.12. The predicted octanol–water partition coefficient (Wildman–Crippen LogP) is 1.77. The minimum absolute atomic E-state index is 0.0625. The van der Waals surface area contributed by atoms with Crippen LogP contribution < -0.4 is 15.8 Å². The molecule has 7 heteroatoms. The van der Waals surface area contributed by atoms with E-state index in [0.29, 0.717) is 18.8 Å². The van der Waals surface area contributed by atoms with Crippen LogP contribution in [0.5, 0.6) is 5.75 Å². The molecule has 0 aromatic heterocycles. The maximum absolute atomic E-state index is 11.0. The first-order valence-electron chi connectivity index (χ1n) is 6.40. The topological polar surface area (TPSA) is 99.7 Å². The molecule has 0 spiro atoms. The molecule has 1 aromatic carbocycles. The molecule has 0 saturated carbocycles. The summed E-state index contributed by atoms with van der Waals surface area (Å²) in [5, 5.41) is 14.2. The average Bonchev–Trinajstić information content (AvgIpc) is 2.44. The third-order valence-corrected chi connectivity index (χ3v) is 2.87. The summed E-state index contributed by atoms with van der Waals surface area (Å²) in [5.74, 6) is 0.241. The number of nitrogens with one attached hydrogen (secondary N) is 1. The van der Waals surface area contributed by atoms with Gasteiger partial charge >= 0.3 is 5.69 Å². The van der Waals surface area contributed by atoms with E-state index < -0.39 is 4.92 Å². The van der Waals surface area contributed by atoms with Crippen molar-refractivity contribution in [1.82, 2.24) is 0 Å². The van der Waals surface area contributed by atoms with Gasteiger partial charge in [0.05, 0.1) is 18.6 Å². The molecule has 7 nitrogen and oxygen atoms in total. The smallest absolute Gasteiger partial charge is 0.312 e. The maximum Gasteiger partial charge on any atom is 0.312 e. The van der Waals surface area contributed by atoms with Crippen LogP contribution in [0.25, 0.3) is 0 Å². The number of methoxy groups -OCH3 is 2. The molecule has 20 heavy (non-hydrogen) atoms. The highest BCUT2D eigenvalue weighted by Crippen LogP contribution is 2.30. The number of ether oxygens (including phenoxy) is 2. The first-order chi connectivity index (χ1) is 9.62. The molecule has 1 atom stereocenters.